The Morgan fingerprint density at radius 1 is 1.24 bits per heavy atom. The highest BCUT2D eigenvalue weighted by Crippen LogP contribution is 2.14. The average Bonchev–Trinajstić information content (AvgIpc) is 2.35. The fraction of sp³-hybridized carbons (Fsp3) is 0.615. The van der Waals surface area contributed by atoms with Gasteiger partial charge in [-0.1, -0.05) is 6.07 Å². The molecule has 0 aromatic carbocycles. The van der Waals surface area contributed by atoms with E-state index in [1.165, 1.54) is 5.56 Å². The number of hydrogen-bond acceptors (Lipinski definition) is 4. The van der Waals surface area contributed by atoms with Gasteiger partial charge in [0.15, 0.2) is 0 Å². The number of likely N-dealkylation sites (N-methyl/N-ethyl adjacent to an activating group) is 2. The van der Waals surface area contributed by atoms with Crippen molar-refractivity contribution in [1.29, 1.82) is 0 Å². The second kappa shape index (κ2) is 6.57. The minimum Gasteiger partial charge on any atom is -0.358 e. The third-order valence-corrected chi connectivity index (χ3v) is 2.98. The summed E-state index contributed by atoms with van der Waals surface area (Å²) < 4.78 is 0. The monoisotopic (exact) mass is 236 g/mol. The third kappa shape index (κ3) is 4.32. The summed E-state index contributed by atoms with van der Waals surface area (Å²) in [5, 5.41) is 3.21. The van der Waals surface area contributed by atoms with Gasteiger partial charge in [-0.3, -0.25) is 0 Å². The zero-order valence-corrected chi connectivity index (χ0v) is 11.6. The molecule has 0 spiro atoms. The molecule has 0 amide bonds. The van der Waals surface area contributed by atoms with Crippen LogP contribution < -0.4 is 10.2 Å². The summed E-state index contributed by atoms with van der Waals surface area (Å²) in [6.07, 6.45) is 1.95. The highest BCUT2D eigenvalue weighted by molar-refractivity contribution is 5.38. The van der Waals surface area contributed by atoms with Gasteiger partial charge in [-0.05, 0) is 39.7 Å². The highest BCUT2D eigenvalue weighted by atomic mass is 15.2. The van der Waals surface area contributed by atoms with Crippen molar-refractivity contribution >= 4 is 5.82 Å². The molecule has 0 bridgehead atoms. The molecule has 0 saturated carbocycles. The second-order valence-electron chi connectivity index (χ2n) is 4.68. The second-order valence-corrected chi connectivity index (χ2v) is 4.68. The van der Waals surface area contributed by atoms with E-state index in [2.05, 4.69) is 60.3 Å². The fourth-order valence-corrected chi connectivity index (χ4v) is 1.51. The Kier molecular flexibility index (Phi) is 5.38. The van der Waals surface area contributed by atoms with E-state index in [-0.39, 0.29) is 0 Å². The van der Waals surface area contributed by atoms with Gasteiger partial charge < -0.3 is 15.1 Å². The summed E-state index contributed by atoms with van der Waals surface area (Å²) in [5.41, 5.74) is 1.22. The van der Waals surface area contributed by atoms with Crippen LogP contribution >= 0.6 is 0 Å². The zero-order valence-electron chi connectivity index (χ0n) is 11.6. The summed E-state index contributed by atoms with van der Waals surface area (Å²) in [7, 11) is 8.20. The molecule has 17 heavy (non-hydrogen) atoms. The van der Waals surface area contributed by atoms with Gasteiger partial charge in [0.25, 0.3) is 0 Å². The van der Waals surface area contributed by atoms with Crippen molar-refractivity contribution in [3.8, 4) is 0 Å². The number of pyridine rings is 1. The number of nitrogens with zero attached hydrogens (tertiary/aromatic N) is 3. The van der Waals surface area contributed by atoms with Gasteiger partial charge in [0, 0.05) is 32.4 Å². The first kappa shape index (κ1) is 13.9. The molecule has 0 saturated heterocycles. The molecule has 1 heterocycles. The maximum atomic E-state index is 4.49. The Bertz CT molecular complexity index is 321. The Balaban J connectivity index is 2.60. The van der Waals surface area contributed by atoms with Crippen LogP contribution in [0.15, 0.2) is 18.3 Å². The van der Waals surface area contributed by atoms with Crippen LogP contribution in [0.5, 0.6) is 0 Å². The van der Waals surface area contributed by atoms with Crippen molar-refractivity contribution in [2.24, 2.45) is 0 Å². The van der Waals surface area contributed by atoms with Crippen molar-refractivity contribution in [3.63, 3.8) is 0 Å². The van der Waals surface area contributed by atoms with Crippen LogP contribution in [0.2, 0.25) is 0 Å². The highest BCUT2D eigenvalue weighted by Gasteiger charge is 2.05. The van der Waals surface area contributed by atoms with Crippen molar-refractivity contribution in [1.82, 2.24) is 15.2 Å². The first-order valence-electron chi connectivity index (χ1n) is 6.03. The zero-order chi connectivity index (χ0) is 12.8. The van der Waals surface area contributed by atoms with Crippen molar-refractivity contribution in [2.75, 3.05) is 46.2 Å². The molecule has 1 N–H and O–H groups in total. The normalized spacial score (nSPS) is 12.8. The summed E-state index contributed by atoms with van der Waals surface area (Å²) in [6, 6.07) is 4.57. The van der Waals surface area contributed by atoms with Gasteiger partial charge in [0.2, 0.25) is 0 Å². The molecule has 96 valence electrons. The van der Waals surface area contributed by atoms with Crippen LogP contribution in [0.4, 0.5) is 5.82 Å². The van der Waals surface area contributed by atoms with Crippen LogP contribution in [0.25, 0.3) is 0 Å². The van der Waals surface area contributed by atoms with Gasteiger partial charge >= 0.3 is 0 Å². The molecular weight excluding hydrogens is 212 g/mol. The first-order chi connectivity index (χ1) is 8.04. The Morgan fingerprint density at radius 3 is 2.41 bits per heavy atom. The lowest BCUT2D eigenvalue weighted by Crippen LogP contribution is -2.29. The number of anilines is 1. The van der Waals surface area contributed by atoms with E-state index in [9.17, 15) is 0 Å². The van der Waals surface area contributed by atoms with Crippen molar-refractivity contribution < 1.29 is 0 Å². The van der Waals surface area contributed by atoms with Gasteiger partial charge in [-0.15, -0.1) is 0 Å². The van der Waals surface area contributed by atoms with Crippen LogP contribution in [0.1, 0.15) is 18.5 Å². The van der Waals surface area contributed by atoms with E-state index in [1.807, 2.05) is 13.2 Å². The van der Waals surface area contributed by atoms with E-state index in [4.69, 9.17) is 0 Å². The largest absolute Gasteiger partial charge is 0.358 e. The number of nitrogens with one attached hydrogen (secondary N) is 1. The fourth-order valence-electron chi connectivity index (χ4n) is 1.51. The third-order valence-electron chi connectivity index (χ3n) is 2.98. The Morgan fingerprint density at radius 2 is 1.94 bits per heavy atom. The maximum Gasteiger partial charge on any atom is 0.128 e. The number of rotatable bonds is 6. The molecule has 1 unspecified atom stereocenters. The number of hydrogen-bond donors (Lipinski definition) is 1. The summed E-state index contributed by atoms with van der Waals surface area (Å²) in [5.74, 6) is 1.03. The van der Waals surface area contributed by atoms with E-state index in [0.29, 0.717) is 6.04 Å². The van der Waals surface area contributed by atoms with Gasteiger partial charge in [-0.25, -0.2) is 4.98 Å². The lowest BCUT2D eigenvalue weighted by Gasteiger charge is -2.21. The molecule has 1 atom stereocenters. The molecule has 0 aliphatic heterocycles. The SMILES string of the molecule is CNC(C)c1ccc(N(C)CCN(C)C)nc1. The van der Waals surface area contributed by atoms with E-state index in [0.717, 1.165) is 18.9 Å². The molecule has 0 fully saturated rings. The van der Waals surface area contributed by atoms with Crippen LogP contribution in [0, 0.1) is 0 Å². The Labute approximate surface area is 105 Å². The smallest absolute Gasteiger partial charge is 0.128 e. The molecule has 1 aromatic rings. The molecule has 0 aliphatic carbocycles. The molecule has 4 heteroatoms. The molecule has 0 aliphatic rings. The summed E-state index contributed by atoms with van der Waals surface area (Å²) in [4.78, 5) is 8.84. The van der Waals surface area contributed by atoms with Crippen LogP contribution in [-0.2, 0) is 0 Å². The molecule has 0 radical (unpaired) electrons. The lowest BCUT2D eigenvalue weighted by atomic mass is 10.1. The van der Waals surface area contributed by atoms with E-state index >= 15 is 0 Å². The van der Waals surface area contributed by atoms with E-state index in [1.54, 1.807) is 0 Å². The molecule has 1 aromatic heterocycles. The van der Waals surface area contributed by atoms with Crippen molar-refractivity contribution in [3.05, 3.63) is 23.9 Å². The minimum absolute atomic E-state index is 0.351. The molecular formula is C13H24N4. The molecule has 1 rings (SSSR count). The van der Waals surface area contributed by atoms with Gasteiger partial charge in [0.05, 0.1) is 0 Å². The van der Waals surface area contributed by atoms with E-state index < -0.39 is 0 Å². The lowest BCUT2D eigenvalue weighted by molar-refractivity contribution is 0.416. The van der Waals surface area contributed by atoms with Crippen LogP contribution in [0.3, 0.4) is 0 Å². The first-order valence-corrected chi connectivity index (χ1v) is 6.03. The molecule has 4 nitrogen and oxygen atoms in total. The Hall–Kier alpha value is -1.13. The average molecular weight is 236 g/mol. The van der Waals surface area contributed by atoms with Crippen LogP contribution in [-0.4, -0.2) is 51.2 Å². The van der Waals surface area contributed by atoms with Crippen molar-refractivity contribution in [2.45, 2.75) is 13.0 Å². The quantitative estimate of drug-likeness (QED) is 0.808. The summed E-state index contributed by atoms with van der Waals surface area (Å²) in [6.45, 7) is 4.15. The topological polar surface area (TPSA) is 31.4 Å². The van der Waals surface area contributed by atoms with Gasteiger partial charge in [0.1, 0.15) is 5.82 Å². The van der Waals surface area contributed by atoms with Gasteiger partial charge in [-0.2, -0.15) is 0 Å². The summed E-state index contributed by atoms with van der Waals surface area (Å²) >= 11 is 0. The predicted octanol–water partition coefficient (Wildman–Crippen LogP) is 1.36. The standard InChI is InChI=1S/C13H24N4/c1-11(14-2)12-6-7-13(15-10-12)17(5)9-8-16(3)4/h6-7,10-11,14H,8-9H2,1-5H3. The minimum atomic E-state index is 0.351. The number of aromatic nitrogens is 1. The predicted molar refractivity (Wildman–Crippen MR) is 73.5 cm³/mol. The maximum absolute atomic E-state index is 4.49.